The van der Waals surface area contributed by atoms with Crippen LogP contribution < -0.4 is 0 Å². The van der Waals surface area contributed by atoms with Crippen molar-refractivity contribution in [3.63, 3.8) is 0 Å². The van der Waals surface area contributed by atoms with E-state index in [1.54, 1.807) is 11.8 Å². The van der Waals surface area contributed by atoms with Gasteiger partial charge in [0, 0.05) is 24.9 Å². The van der Waals surface area contributed by atoms with Crippen LogP contribution in [-0.2, 0) is 9.53 Å². The first-order valence-corrected chi connectivity index (χ1v) is 9.25. The molecule has 2 atom stereocenters. The van der Waals surface area contributed by atoms with Crippen LogP contribution in [0.5, 0.6) is 0 Å². The average Bonchev–Trinajstić information content (AvgIpc) is 3.02. The Bertz CT molecular complexity index is 848. The molecule has 0 spiro atoms. The summed E-state index contributed by atoms with van der Waals surface area (Å²) >= 11 is 0. The first-order valence-electron chi connectivity index (χ1n) is 9.25. The minimum absolute atomic E-state index is 0.0912. The van der Waals surface area contributed by atoms with Gasteiger partial charge in [0.05, 0.1) is 0 Å². The Labute approximate surface area is 152 Å². The summed E-state index contributed by atoms with van der Waals surface area (Å²) in [5, 5.41) is 0. The van der Waals surface area contributed by atoms with Crippen molar-refractivity contribution in [1.82, 2.24) is 4.90 Å². The van der Waals surface area contributed by atoms with E-state index in [1.165, 1.54) is 22.3 Å². The van der Waals surface area contributed by atoms with Crippen LogP contribution >= 0.6 is 0 Å². The zero-order valence-corrected chi connectivity index (χ0v) is 14.7. The van der Waals surface area contributed by atoms with Gasteiger partial charge in [-0.3, -0.25) is 4.79 Å². The lowest BCUT2D eigenvalue weighted by atomic mass is 9.98. The number of hydrogen-bond donors (Lipinski definition) is 0. The van der Waals surface area contributed by atoms with Crippen molar-refractivity contribution in [2.75, 3.05) is 19.7 Å². The van der Waals surface area contributed by atoms with E-state index < -0.39 is 0 Å². The van der Waals surface area contributed by atoms with E-state index >= 15 is 0 Å². The van der Waals surface area contributed by atoms with Crippen LogP contribution in [0.15, 0.2) is 48.5 Å². The molecule has 2 unspecified atom stereocenters. The van der Waals surface area contributed by atoms with Gasteiger partial charge >= 0.3 is 6.09 Å². The second kappa shape index (κ2) is 5.70. The number of carbonyl (C=O) groups is 2. The van der Waals surface area contributed by atoms with E-state index in [0.29, 0.717) is 31.5 Å². The molecule has 4 heteroatoms. The normalized spacial score (nSPS) is 25.4. The van der Waals surface area contributed by atoms with Crippen molar-refractivity contribution in [1.29, 1.82) is 0 Å². The molecule has 1 saturated carbocycles. The molecule has 0 aromatic heterocycles. The molecular weight excluding hydrogens is 326 g/mol. The van der Waals surface area contributed by atoms with E-state index in [1.807, 2.05) is 24.3 Å². The van der Waals surface area contributed by atoms with Gasteiger partial charge < -0.3 is 9.64 Å². The molecule has 1 aliphatic heterocycles. The van der Waals surface area contributed by atoms with Gasteiger partial charge in [0.25, 0.3) is 0 Å². The Kier molecular flexibility index (Phi) is 3.42. The number of carbonyl (C=O) groups excluding carboxylic acids is 2. The summed E-state index contributed by atoms with van der Waals surface area (Å²) in [5.74, 6) is 1.23. The zero-order valence-electron chi connectivity index (χ0n) is 14.7. The molecule has 2 aliphatic carbocycles. The van der Waals surface area contributed by atoms with Crippen molar-refractivity contribution >= 4 is 11.9 Å². The number of fused-ring (bicyclic) bond motifs is 4. The summed E-state index contributed by atoms with van der Waals surface area (Å²) in [7, 11) is 0. The molecule has 1 heterocycles. The molecule has 2 fully saturated rings. The molecule has 26 heavy (non-hydrogen) atoms. The number of ether oxygens (including phenoxy) is 1. The lowest BCUT2D eigenvalue weighted by Crippen LogP contribution is -2.33. The Morgan fingerprint density at radius 2 is 1.50 bits per heavy atom. The van der Waals surface area contributed by atoms with Crippen molar-refractivity contribution < 1.29 is 14.3 Å². The third-order valence-corrected chi connectivity index (χ3v) is 6.26. The summed E-state index contributed by atoms with van der Waals surface area (Å²) < 4.78 is 5.69. The van der Waals surface area contributed by atoms with Crippen LogP contribution in [0.4, 0.5) is 4.79 Å². The molecule has 2 aromatic carbocycles. The Morgan fingerprint density at radius 3 is 2.04 bits per heavy atom. The fourth-order valence-electron chi connectivity index (χ4n) is 4.96. The highest BCUT2D eigenvalue weighted by Gasteiger charge is 2.59. The predicted molar refractivity (Wildman–Crippen MR) is 97.8 cm³/mol. The number of nitrogens with zero attached hydrogens (tertiary/aromatic N) is 1. The number of benzene rings is 2. The van der Waals surface area contributed by atoms with Crippen molar-refractivity contribution in [3.05, 3.63) is 59.7 Å². The van der Waals surface area contributed by atoms with Crippen LogP contribution in [0.2, 0.25) is 0 Å². The van der Waals surface area contributed by atoms with Gasteiger partial charge in [-0.2, -0.15) is 0 Å². The fraction of sp³-hybridized carbons (Fsp3) is 0.364. The highest BCUT2D eigenvalue weighted by atomic mass is 16.6. The Hall–Kier alpha value is -2.62. The van der Waals surface area contributed by atoms with Crippen LogP contribution in [0.1, 0.15) is 24.0 Å². The smallest absolute Gasteiger partial charge is 0.409 e. The predicted octanol–water partition coefficient (Wildman–Crippen LogP) is 3.70. The van der Waals surface area contributed by atoms with E-state index in [0.717, 1.165) is 0 Å². The number of piperidine rings is 1. The summed E-state index contributed by atoms with van der Waals surface area (Å²) in [4.78, 5) is 25.7. The molecular formula is C22H21NO3. The molecule has 5 rings (SSSR count). The average molecular weight is 347 g/mol. The third kappa shape index (κ3) is 2.28. The van der Waals surface area contributed by atoms with Gasteiger partial charge in [-0.25, -0.2) is 4.79 Å². The van der Waals surface area contributed by atoms with E-state index in [4.69, 9.17) is 4.74 Å². The minimum atomic E-state index is -0.249. The topological polar surface area (TPSA) is 46.6 Å². The van der Waals surface area contributed by atoms with Gasteiger partial charge in [-0.05, 0) is 41.0 Å². The van der Waals surface area contributed by atoms with Crippen LogP contribution in [-0.4, -0.2) is 36.5 Å². The lowest BCUT2D eigenvalue weighted by Gasteiger charge is -2.21. The number of rotatable bonds is 3. The van der Waals surface area contributed by atoms with Gasteiger partial charge in [0.15, 0.2) is 0 Å². The number of Topliss-reactive ketones (excluding diaryl/α,β-unsaturated/α-hetero) is 1. The van der Waals surface area contributed by atoms with Gasteiger partial charge in [-0.1, -0.05) is 48.5 Å². The van der Waals surface area contributed by atoms with Crippen molar-refractivity contribution in [2.24, 2.45) is 17.8 Å². The quantitative estimate of drug-likeness (QED) is 0.850. The Balaban J connectivity index is 1.28. The first-order chi connectivity index (χ1) is 12.6. The molecule has 2 aromatic rings. The highest BCUT2D eigenvalue weighted by Crippen LogP contribution is 2.52. The fourth-order valence-corrected chi connectivity index (χ4v) is 4.96. The van der Waals surface area contributed by atoms with Crippen LogP contribution in [0, 0.1) is 17.8 Å². The first kappa shape index (κ1) is 15.6. The van der Waals surface area contributed by atoms with Crippen LogP contribution in [0.25, 0.3) is 11.1 Å². The van der Waals surface area contributed by atoms with Crippen molar-refractivity contribution in [2.45, 2.75) is 12.8 Å². The molecule has 0 N–H and O–H groups in total. The summed E-state index contributed by atoms with van der Waals surface area (Å²) in [6.07, 6.45) is -0.249. The van der Waals surface area contributed by atoms with Gasteiger partial charge in [0.1, 0.15) is 12.4 Å². The SMILES string of the molecule is CC(=O)C1C2CN(C(=O)OCC3c4ccccc4-c4ccccc43)CC21. The molecule has 1 amide bonds. The lowest BCUT2D eigenvalue weighted by molar-refractivity contribution is -0.119. The van der Waals surface area contributed by atoms with E-state index in [2.05, 4.69) is 24.3 Å². The summed E-state index contributed by atoms with van der Waals surface area (Å²) in [6.45, 7) is 3.33. The minimum Gasteiger partial charge on any atom is -0.448 e. The maximum atomic E-state index is 12.5. The van der Waals surface area contributed by atoms with Crippen molar-refractivity contribution in [3.8, 4) is 11.1 Å². The maximum Gasteiger partial charge on any atom is 0.409 e. The largest absolute Gasteiger partial charge is 0.448 e. The summed E-state index contributed by atoms with van der Waals surface area (Å²) in [5.41, 5.74) is 4.91. The molecule has 4 nitrogen and oxygen atoms in total. The number of likely N-dealkylation sites (tertiary alicyclic amines) is 1. The zero-order chi connectivity index (χ0) is 17.8. The number of hydrogen-bond acceptors (Lipinski definition) is 3. The number of ketones is 1. The molecule has 0 bridgehead atoms. The van der Waals surface area contributed by atoms with Crippen LogP contribution in [0.3, 0.4) is 0 Å². The van der Waals surface area contributed by atoms with E-state index in [-0.39, 0.29) is 23.7 Å². The summed E-state index contributed by atoms with van der Waals surface area (Å²) in [6, 6.07) is 16.7. The number of amides is 1. The molecule has 1 saturated heterocycles. The Morgan fingerprint density at radius 1 is 0.962 bits per heavy atom. The second-order valence-electron chi connectivity index (χ2n) is 7.67. The third-order valence-electron chi connectivity index (χ3n) is 6.26. The standard InChI is InChI=1S/C22H21NO3/c1-13(24)21-18-10-23(11-19(18)21)22(25)26-12-20-16-8-4-2-6-14(16)15-7-3-5-9-17(15)20/h2-9,18-21H,10-12H2,1H3. The maximum absolute atomic E-state index is 12.5. The van der Waals surface area contributed by atoms with Gasteiger partial charge in [0.2, 0.25) is 0 Å². The molecule has 132 valence electrons. The van der Waals surface area contributed by atoms with E-state index in [9.17, 15) is 9.59 Å². The highest BCUT2D eigenvalue weighted by molar-refractivity contribution is 5.83. The molecule has 3 aliphatic rings. The monoisotopic (exact) mass is 347 g/mol. The second-order valence-corrected chi connectivity index (χ2v) is 7.67. The molecule has 0 radical (unpaired) electrons. The van der Waals surface area contributed by atoms with Gasteiger partial charge in [-0.15, -0.1) is 0 Å².